The Hall–Kier alpha value is -4.27. The third-order valence-corrected chi connectivity index (χ3v) is 6.94. The molecule has 3 aromatic rings. The minimum atomic E-state index is -0.500. The number of carbonyl (C=O) groups is 2. The van der Waals surface area contributed by atoms with E-state index in [4.69, 9.17) is 4.74 Å². The second-order valence-corrected chi connectivity index (χ2v) is 9.29. The lowest BCUT2D eigenvalue weighted by Crippen LogP contribution is -2.38. The molecule has 37 heavy (non-hydrogen) atoms. The van der Waals surface area contributed by atoms with Crippen molar-refractivity contribution in [3.63, 3.8) is 0 Å². The van der Waals surface area contributed by atoms with Crippen molar-refractivity contribution < 1.29 is 19.2 Å². The van der Waals surface area contributed by atoms with Crippen LogP contribution in [0, 0.1) is 17.0 Å². The maximum Gasteiger partial charge on any atom is 0.290 e. The summed E-state index contributed by atoms with van der Waals surface area (Å²) in [5.41, 5.74) is 3.37. The predicted molar refractivity (Wildman–Crippen MR) is 140 cm³/mol. The van der Waals surface area contributed by atoms with Gasteiger partial charge in [-0.1, -0.05) is 24.3 Å². The van der Waals surface area contributed by atoms with E-state index in [9.17, 15) is 19.7 Å². The monoisotopic (exact) mass is 502 g/mol. The van der Waals surface area contributed by atoms with Crippen molar-refractivity contribution in [2.24, 2.45) is 0 Å². The average Bonchev–Trinajstić information content (AvgIpc) is 2.92. The molecule has 2 aromatic carbocycles. The maximum atomic E-state index is 12.9. The number of piperidine rings is 1. The summed E-state index contributed by atoms with van der Waals surface area (Å²) in [5.74, 6) is 0.459. The van der Waals surface area contributed by atoms with Gasteiger partial charge in [0, 0.05) is 24.3 Å². The highest BCUT2D eigenvalue weighted by molar-refractivity contribution is 5.95. The molecule has 0 spiro atoms. The first kappa shape index (κ1) is 25.8. The number of pyridine rings is 1. The Kier molecular flexibility index (Phi) is 7.81. The molecule has 9 heteroatoms. The third-order valence-electron chi connectivity index (χ3n) is 6.94. The van der Waals surface area contributed by atoms with E-state index in [-0.39, 0.29) is 29.1 Å². The molecular weight excluding hydrogens is 472 g/mol. The summed E-state index contributed by atoms with van der Waals surface area (Å²) < 4.78 is 5.18. The molecule has 0 radical (unpaired) electrons. The summed E-state index contributed by atoms with van der Waals surface area (Å²) in [6, 6.07) is 16.8. The first-order valence-corrected chi connectivity index (χ1v) is 12.2. The van der Waals surface area contributed by atoms with Crippen molar-refractivity contribution >= 4 is 23.2 Å². The van der Waals surface area contributed by atoms with Crippen LogP contribution < -0.4 is 10.1 Å². The van der Waals surface area contributed by atoms with E-state index in [2.05, 4.69) is 10.3 Å². The summed E-state index contributed by atoms with van der Waals surface area (Å²) in [5, 5.41) is 14.0. The quantitative estimate of drug-likeness (QED) is 0.356. The fourth-order valence-electron chi connectivity index (χ4n) is 4.57. The van der Waals surface area contributed by atoms with E-state index in [1.54, 1.807) is 18.9 Å². The number of hydrogen-bond acceptors (Lipinski definition) is 6. The van der Waals surface area contributed by atoms with Gasteiger partial charge in [0.15, 0.2) is 0 Å². The number of aryl methyl sites for hydroxylation is 1. The van der Waals surface area contributed by atoms with Gasteiger partial charge >= 0.3 is 0 Å². The lowest BCUT2D eigenvalue weighted by molar-refractivity contribution is -0.385. The van der Waals surface area contributed by atoms with Gasteiger partial charge in [0.25, 0.3) is 11.6 Å². The molecule has 4 rings (SSSR count). The largest absolute Gasteiger partial charge is 0.497 e. The number of methoxy groups -OCH3 is 1. The molecule has 1 aliphatic heterocycles. The number of rotatable bonds is 7. The van der Waals surface area contributed by atoms with Crippen LogP contribution in [-0.2, 0) is 4.79 Å². The van der Waals surface area contributed by atoms with Gasteiger partial charge in [-0.15, -0.1) is 0 Å². The molecule has 2 amide bonds. The minimum absolute atomic E-state index is 0.0835. The molecule has 192 valence electrons. The van der Waals surface area contributed by atoms with Crippen LogP contribution >= 0.6 is 0 Å². The standard InChI is InChI=1S/C28H30N4O5/c1-18-16-25(29-17-26(18)32(35)36)28(34)31-14-12-22(13-15-31)21-4-8-23(9-5-21)30-27(33)19(2)20-6-10-24(37-3)11-7-20/h4-11,16-17,19,22H,12-15H2,1-3H3,(H,30,33). The Bertz CT molecular complexity index is 1280. The van der Waals surface area contributed by atoms with Gasteiger partial charge in [0.1, 0.15) is 17.6 Å². The number of nitrogens with one attached hydrogen (secondary N) is 1. The van der Waals surface area contributed by atoms with Crippen LogP contribution in [0.15, 0.2) is 60.8 Å². The Balaban J connectivity index is 1.31. The summed E-state index contributed by atoms with van der Waals surface area (Å²) in [6.07, 6.45) is 2.75. The smallest absolute Gasteiger partial charge is 0.290 e. The molecule has 0 bridgehead atoms. The zero-order chi connectivity index (χ0) is 26.5. The lowest BCUT2D eigenvalue weighted by atomic mass is 9.89. The van der Waals surface area contributed by atoms with E-state index in [1.807, 2.05) is 55.5 Å². The van der Waals surface area contributed by atoms with Gasteiger partial charge in [0.05, 0.1) is 18.0 Å². The van der Waals surface area contributed by atoms with Crippen molar-refractivity contribution in [1.82, 2.24) is 9.88 Å². The highest BCUT2D eigenvalue weighted by atomic mass is 16.6. The Morgan fingerprint density at radius 2 is 1.76 bits per heavy atom. The molecule has 2 heterocycles. The number of amides is 2. The fraction of sp³-hybridized carbons (Fsp3) is 0.321. The topological polar surface area (TPSA) is 115 Å². The first-order chi connectivity index (χ1) is 17.8. The fourth-order valence-corrected chi connectivity index (χ4v) is 4.57. The van der Waals surface area contributed by atoms with Gasteiger partial charge in [-0.2, -0.15) is 0 Å². The van der Waals surface area contributed by atoms with E-state index < -0.39 is 4.92 Å². The molecule has 0 saturated carbocycles. The highest BCUT2D eigenvalue weighted by Crippen LogP contribution is 2.30. The third kappa shape index (κ3) is 5.94. The van der Waals surface area contributed by atoms with Crippen LogP contribution in [0.25, 0.3) is 0 Å². The van der Waals surface area contributed by atoms with Crippen LogP contribution in [0.1, 0.15) is 58.8 Å². The zero-order valence-corrected chi connectivity index (χ0v) is 21.1. The number of nitro groups is 1. The van der Waals surface area contributed by atoms with Gasteiger partial charge in [-0.25, -0.2) is 4.98 Å². The molecule has 1 aliphatic rings. The Morgan fingerprint density at radius 1 is 1.11 bits per heavy atom. The Morgan fingerprint density at radius 3 is 2.32 bits per heavy atom. The van der Waals surface area contributed by atoms with E-state index in [0.717, 1.165) is 41.6 Å². The Labute approximate surface area is 215 Å². The van der Waals surface area contributed by atoms with Crippen molar-refractivity contribution in [2.45, 2.75) is 38.5 Å². The van der Waals surface area contributed by atoms with Crippen LogP contribution in [0.5, 0.6) is 5.75 Å². The number of carbonyl (C=O) groups excluding carboxylic acids is 2. The number of benzene rings is 2. The molecular formula is C28H30N4O5. The summed E-state index contributed by atoms with van der Waals surface area (Å²) >= 11 is 0. The first-order valence-electron chi connectivity index (χ1n) is 12.2. The molecule has 1 fully saturated rings. The number of ether oxygens (including phenoxy) is 1. The van der Waals surface area contributed by atoms with E-state index in [0.29, 0.717) is 24.6 Å². The SMILES string of the molecule is COc1ccc(C(C)C(=O)Nc2ccc(C3CCN(C(=O)c4cc(C)c([N+](=O)[O-])cn4)CC3)cc2)cc1. The summed E-state index contributed by atoms with van der Waals surface area (Å²) in [4.78, 5) is 41.9. The maximum absolute atomic E-state index is 12.9. The lowest BCUT2D eigenvalue weighted by Gasteiger charge is -2.32. The van der Waals surface area contributed by atoms with Crippen LogP contribution in [-0.4, -0.2) is 46.8 Å². The van der Waals surface area contributed by atoms with Crippen molar-refractivity contribution in [2.75, 3.05) is 25.5 Å². The minimum Gasteiger partial charge on any atom is -0.497 e. The molecule has 1 saturated heterocycles. The van der Waals surface area contributed by atoms with Gasteiger partial charge in [-0.3, -0.25) is 19.7 Å². The molecule has 1 atom stereocenters. The molecule has 1 aromatic heterocycles. The van der Waals surface area contributed by atoms with Crippen molar-refractivity contribution in [1.29, 1.82) is 0 Å². The van der Waals surface area contributed by atoms with Crippen molar-refractivity contribution in [3.8, 4) is 5.75 Å². The number of hydrogen-bond donors (Lipinski definition) is 1. The van der Waals surface area contributed by atoms with Crippen LogP contribution in [0.2, 0.25) is 0 Å². The van der Waals surface area contributed by atoms with E-state index >= 15 is 0 Å². The molecule has 9 nitrogen and oxygen atoms in total. The molecule has 1 unspecified atom stereocenters. The highest BCUT2D eigenvalue weighted by Gasteiger charge is 2.26. The zero-order valence-electron chi connectivity index (χ0n) is 21.1. The second-order valence-electron chi connectivity index (χ2n) is 9.29. The van der Waals surface area contributed by atoms with Crippen LogP contribution in [0.4, 0.5) is 11.4 Å². The predicted octanol–water partition coefficient (Wildman–Crippen LogP) is 5.07. The number of anilines is 1. The number of nitrogens with zero attached hydrogens (tertiary/aromatic N) is 3. The van der Waals surface area contributed by atoms with Crippen molar-refractivity contribution in [3.05, 3.63) is 93.3 Å². The van der Waals surface area contributed by atoms with Crippen LogP contribution in [0.3, 0.4) is 0 Å². The molecule has 1 N–H and O–H groups in total. The average molecular weight is 503 g/mol. The van der Waals surface area contributed by atoms with Gasteiger partial charge in [-0.05, 0) is 74.1 Å². The van der Waals surface area contributed by atoms with E-state index in [1.165, 1.54) is 6.07 Å². The number of likely N-dealkylation sites (tertiary alicyclic amines) is 1. The van der Waals surface area contributed by atoms with Gasteiger partial charge < -0.3 is 15.0 Å². The summed E-state index contributed by atoms with van der Waals surface area (Å²) in [7, 11) is 1.61. The van der Waals surface area contributed by atoms with Gasteiger partial charge in [0.2, 0.25) is 5.91 Å². The normalized spacial score (nSPS) is 14.6. The second kappa shape index (κ2) is 11.2. The molecule has 0 aliphatic carbocycles. The summed E-state index contributed by atoms with van der Waals surface area (Å²) in [6.45, 7) is 4.64. The number of aromatic nitrogens is 1.